The average Bonchev–Trinajstić information content (AvgIpc) is 1.88. The molecule has 1 rings (SSSR count). The lowest BCUT2D eigenvalue weighted by molar-refractivity contribution is -0.139. The van der Waals surface area contributed by atoms with Gasteiger partial charge in [0, 0.05) is 13.1 Å². The lowest BCUT2D eigenvalue weighted by Crippen LogP contribution is -3.00. The van der Waals surface area contributed by atoms with E-state index in [4.69, 9.17) is 9.84 Å². The molecule has 0 atom stereocenters. The van der Waals surface area contributed by atoms with Gasteiger partial charge in [0.2, 0.25) is 0 Å². The number of halogens is 1. The number of aliphatic carboxylic acids is 1. The first-order valence-corrected chi connectivity index (χ1v) is 3.31. The van der Waals surface area contributed by atoms with Gasteiger partial charge < -0.3 is 26.8 Å². The monoisotopic (exact) mass is 225 g/mol. The van der Waals surface area contributed by atoms with Gasteiger partial charge in [-0.25, -0.2) is 0 Å². The molecular formula is C6H12BrNO3. The molecule has 0 saturated carbocycles. The molecule has 11 heavy (non-hydrogen) atoms. The molecule has 0 aliphatic carbocycles. The number of morpholine rings is 1. The molecule has 5 heteroatoms. The van der Waals surface area contributed by atoms with Gasteiger partial charge in [-0.05, 0) is 0 Å². The van der Waals surface area contributed by atoms with Crippen LogP contribution in [0, 0.1) is 0 Å². The van der Waals surface area contributed by atoms with Gasteiger partial charge in [0.25, 0.3) is 0 Å². The molecule has 0 aromatic rings. The quantitative estimate of drug-likeness (QED) is 0.531. The van der Waals surface area contributed by atoms with E-state index in [1.807, 2.05) is 4.90 Å². The van der Waals surface area contributed by atoms with Crippen molar-refractivity contribution in [1.82, 2.24) is 4.90 Å². The predicted molar refractivity (Wildman–Crippen MR) is 36.0 cm³/mol. The average molecular weight is 226 g/mol. The van der Waals surface area contributed by atoms with Crippen molar-refractivity contribution >= 4 is 5.97 Å². The number of hydrogen-bond acceptors (Lipinski definition) is 3. The van der Waals surface area contributed by atoms with Crippen LogP contribution in [0.15, 0.2) is 0 Å². The topological polar surface area (TPSA) is 49.8 Å². The Labute approximate surface area is 77.4 Å². The number of rotatable bonds is 2. The number of ether oxygens (including phenoxy) is 1. The summed E-state index contributed by atoms with van der Waals surface area (Å²) >= 11 is 0. The molecule has 0 amide bonds. The van der Waals surface area contributed by atoms with E-state index in [1.54, 1.807) is 0 Å². The number of hydrogen-bond donors (Lipinski definition) is 1. The van der Waals surface area contributed by atoms with E-state index in [2.05, 4.69) is 0 Å². The Bertz CT molecular complexity index is 130. The van der Waals surface area contributed by atoms with E-state index >= 15 is 0 Å². The van der Waals surface area contributed by atoms with Crippen molar-refractivity contribution in [2.24, 2.45) is 0 Å². The maximum absolute atomic E-state index is 10.2. The standard InChI is InChI=1S/C6H11NO3.BrH/c8-6(9)5-7-1-3-10-4-2-7;/h1-5H2,(H,8,9);1H. The second-order valence-electron chi connectivity index (χ2n) is 2.28. The summed E-state index contributed by atoms with van der Waals surface area (Å²) in [5.41, 5.74) is 0. The number of nitrogens with zero attached hydrogens (tertiary/aromatic N) is 1. The Balaban J connectivity index is 0. The first kappa shape index (κ1) is 10.9. The Morgan fingerprint density at radius 2 is 2.09 bits per heavy atom. The van der Waals surface area contributed by atoms with Crippen molar-refractivity contribution in [2.75, 3.05) is 32.8 Å². The minimum atomic E-state index is -0.762. The maximum atomic E-state index is 10.2. The zero-order valence-corrected chi connectivity index (χ0v) is 7.71. The molecule has 0 bridgehead atoms. The van der Waals surface area contributed by atoms with Gasteiger partial charge in [-0.3, -0.25) is 9.69 Å². The molecule has 66 valence electrons. The molecule has 0 aromatic carbocycles. The van der Waals surface area contributed by atoms with Gasteiger partial charge in [-0.1, -0.05) is 0 Å². The summed E-state index contributed by atoms with van der Waals surface area (Å²) in [5, 5.41) is 8.38. The van der Waals surface area contributed by atoms with Gasteiger partial charge in [0.1, 0.15) is 0 Å². The van der Waals surface area contributed by atoms with Crippen LogP contribution < -0.4 is 17.0 Å². The van der Waals surface area contributed by atoms with Crippen LogP contribution in [0.5, 0.6) is 0 Å². The summed E-state index contributed by atoms with van der Waals surface area (Å²) < 4.78 is 5.05. The Morgan fingerprint density at radius 3 is 2.55 bits per heavy atom. The first-order valence-electron chi connectivity index (χ1n) is 3.31. The van der Waals surface area contributed by atoms with Crippen LogP contribution in [0.1, 0.15) is 1.43 Å². The van der Waals surface area contributed by atoms with Crippen molar-refractivity contribution in [3.63, 3.8) is 0 Å². The van der Waals surface area contributed by atoms with Crippen LogP contribution >= 0.6 is 0 Å². The van der Waals surface area contributed by atoms with Gasteiger partial charge in [0.15, 0.2) is 0 Å². The number of carboxylic acid groups (broad SMARTS) is 1. The Morgan fingerprint density at radius 1 is 1.55 bits per heavy atom. The largest absolute Gasteiger partial charge is 1.00 e. The maximum Gasteiger partial charge on any atom is 1.00 e. The first-order chi connectivity index (χ1) is 4.79. The molecule has 4 nitrogen and oxygen atoms in total. The van der Waals surface area contributed by atoms with Crippen molar-refractivity contribution in [3.8, 4) is 0 Å². The smallest absolute Gasteiger partial charge is 1.00 e. The second kappa shape index (κ2) is 5.51. The van der Waals surface area contributed by atoms with Crippen LogP contribution in [-0.4, -0.2) is 48.8 Å². The van der Waals surface area contributed by atoms with Crippen LogP contribution in [0.2, 0.25) is 0 Å². The molecule has 0 unspecified atom stereocenters. The second-order valence-corrected chi connectivity index (χ2v) is 2.28. The van der Waals surface area contributed by atoms with Gasteiger partial charge in [-0.2, -0.15) is 0 Å². The molecule has 1 heterocycles. The zero-order chi connectivity index (χ0) is 7.40. The van der Waals surface area contributed by atoms with Crippen molar-refractivity contribution in [1.29, 1.82) is 0 Å². The summed E-state index contributed by atoms with van der Waals surface area (Å²) in [7, 11) is 0. The molecule has 1 N–H and O–H groups in total. The highest BCUT2D eigenvalue weighted by molar-refractivity contribution is 5.69. The highest BCUT2D eigenvalue weighted by Gasteiger charge is 2.12. The number of carboxylic acids is 1. The van der Waals surface area contributed by atoms with E-state index < -0.39 is 5.97 Å². The molecule has 1 aliphatic rings. The van der Waals surface area contributed by atoms with E-state index in [9.17, 15) is 4.79 Å². The molecule has 1 fully saturated rings. The molecular weight excluding hydrogens is 214 g/mol. The van der Waals surface area contributed by atoms with Crippen LogP contribution in [0.3, 0.4) is 0 Å². The molecule has 0 spiro atoms. The lowest BCUT2D eigenvalue weighted by Gasteiger charge is -2.24. The Hall–Kier alpha value is -0.130. The summed E-state index contributed by atoms with van der Waals surface area (Å²) in [5.74, 6) is -0.762. The van der Waals surface area contributed by atoms with Gasteiger partial charge >= 0.3 is 7.40 Å². The Kier molecular flexibility index (Phi) is 5.45. The van der Waals surface area contributed by atoms with Crippen LogP contribution in [-0.2, 0) is 9.53 Å². The fraction of sp³-hybridized carbons (Fsp3) is 0.833. The van der Waals surface area contributed by atoms with E-state index in [-0.39, 0.29) is 25.0 Å². The van der Waals surface area contributed by atoms with Crippen molar-refractivity contribution in [2.45, 2.75) is 0 Å². The molecule has 0 radical (unpaired) electrons. The third-order valence-electron chi connectivity index (χ3n) is 1.46. The SMILES string of the molecule is O=C(O)CN1CCOCC1.[Br-].[H+]. The normalized spacial score (nSPS) is 18.9. The minimum Gasteiger partial charge on any atom is -1.00 e. The van der Waals surface area contributed by atoms with E-state index in [0.717, 1.165) is 13.1 Å². The highest BCUT2D eigenvalue weighted by Crippen LogP contribution is 1.94. The number of carbonyl (C=O) groups is 1. The van der Waals surface area contributed by atoms with Crippen molar-refractivity contribution in [3.05, 3.63) is 0 Å². The molecule has 1 aliphatic heterocycles. The van der Waals surface area contributed by atoms with Gasteiger partial charge in [0.05, 0.1) is 19.8 Å². The fourth-order valence-electron chi connectivity index (χ4n) is 0.951. The van der Waals surface area contributed by atoms with Crippen molar-refractivity contribution < 1.29 is 33.0 Å². The predicted octanol–water partition coefficient (Wildman–Crippen LogP) is -3.48. The van der Waals surface area contributed by atoms with Crippen LogP contribution in [0.25, 0.3) is 0 Å². The summed E-state index contributed by atoms with van der Waals surface area (Å²) in [6, 6.07) is 0. The van der Waals surface area contributed by atoms with E-state index in [0.29, 0.717) is 13.2 Å². The van der Waals surface area contributed by atoms with Gasteiger partial charge in [-0.15, -0.1) is 0 Å². The highest BCUT2D eigenvalue weighted by atomic mass is 79.9. The summed E-state index contributed by atoms with van der Waals surface area (Å²) in [6.45, 7) is 2.95. The third-order valence-corrected chi connectivity index (χ3v) is 1.46. The summed E-state index contributed by atoms with van der Waals surface area (Å²) in [4.78, 5) is 12.1. The zero-order valence-electron chi connectivity index (χ0n) is 7.12. The van der Waals surface area contributed by atoms with Crippen LogP contribution in [0.4, 0.5) is 0 Å². The van der Waals surface area contributed by atoms with E-state index in [1.165, 1.54) is 0 Å². The fourth-order valence-corrected chi connectivity index (χ4v) is 0.951. The molecule has 1 saturated heterocycles. The lowest BCUT2D eigenvalue weighted by atomic mass is 10.4. The minimum absolute atomic E-state index is 0. The summed E-state index contributed by atoms with van der Waals surface area (Å²) in [6.07, 6.45) is 0. The molecule has 0 aromatic heterocycles. The third kappa shape index (κ3) is 4.34.